The van der Waals surface area contributed by atoms with Crippen LogP contribution in [-0.4, -0.2) is 280 Å². The van der Waals surface area contributed by atoms with Crippen LogP contribution in [0.25, 0.3) is 0 Å². The van der Waals surface area contributed by atoms with Crippen LogP contribution in [0.4, 0.5) is 0 Å². The van der Waals surface area contributed by atoms with Crippen molar-refractivity contribution in [2.24, 2.45) is 52.5 Å². The topological polar surface area (TPSA) is 767 Å². The number of nitrogens with one attached hydrogen (secondary N) is 15. The molecule has 1 saturated heterocycles. The van der Waals surface area contributed by atoms with Gasteiger partial charge in [0.2, 0.25) is 100 Å². The van der Waals surface area contributed by atoms with Crippen LogP contribution in [0, 0.1) is 29.6 Å². The average Bonchev–Trinajstić information content (AvgIpc) is 1.63. The molecule has 1 aliphatic rings. The third kappa shape index (κ3) is 38.0. The van der Waals surface area contributed by atoms with Gasteiger partial charge in [-0.05, 0) is 143 Å². The van der Waals surface area contributed by atoms with Crippen molar-refractivity contribution in [2.45, 2.75) is 289 Å². The van der Waals surface area contributed by atoms with E-state index in [1.165, 1.54) is 110 Å². The predicted molar refractivity (Wildman–Crippen MR) is 478 cm³/mol. The van der Waals surface area contributed by atoms with Gasteiger partial charge in [-0.15, -0.1) is 0 Å². The molecule has 4 rings (SSSR count). The van der Waals surface area contributed by atoms with Gasteiger partial charge in [0.15, 0.2) is 0 Å². The van der Waals surface area contributed by atoms with Gasteiger partial charge in [-0.25, -0.2) is 9.78 Å². The minimum absolute atomic E-state index is 0.000246. The zero-order valence-corrected chi connectivity index (χ0v) is 77.3. The lowest BCUT2D eigenvalue weighted by Crippen LogP contribution is -2.62. The number of benzene rings is 2. The van der Waals surface area contributed by atoms with E-state index in [-0.39, 0.29) is 86.2 Å². The van der Waals surface area contributed by atoms with E-state index in [0.29, 0.717) is 18.4 Å². The number of aromatic hydroxyl groups is 2. The Morgan fingerprint density at radius 3 is 1.27 bits per heavy atom. The highest BCUT2D eigenvalue weighted by Gasteiger charge is 2.44. The molecule has 17 atom stereocenters. The number of aliphatic hydroxyl groups is 1. The van der Waals surface area contributed by atoms with Crippen LogP contribution in [0.3, 0.4) is 0 Å². The number of hydrogen-bond acceptors (Lipinski definition) is 26. The molecular formula is C87H133N21O26. The lowest BCUT2D eigenvalue weighted by atomic mass is 9.99. The number of likely N-dealkylation sites (tertiary alicyclic amines) is 1. The Morgan fingerprint density at radius 2 is 0.821 bits per heavy atom. The van der Waals surface area contributed by atoms with Gasteiger partial charge in [-0.3, -0.25) is 91.1 Å². The SMILES string of the molecule is CC(C)C[C@H](NC(=O)[C@H](CCC(=O)O)NC(=O)[C@H](CCCCN)NC(=O)[C@@H](N)C(C)C)C(=O)N[C@@H](C)C(=O)N[C@@H](CCC(N)=O)C(=O)N[C@@H](Cc1ccc(O)cc1)C(=O)N[C@@H](CC(N)=O)C(=O)N[C@H](C(=O)N[C@@H](CCC(=O)O)C(=O)N[C@H](C(=O)N[C@@H](Cc1c[nH]cn1)C(=O)N1CCC[C@H]1C(=O)N[C@@H](Cc1ccc(O)cc1)C(=O)N[C@H](C(=O)N[C@H](C(=O)O)C(C)C)[C@@H](C)O)C(C)C)C(C)C. The van der Waals surface area contributed by atoms with Crippen LogP contribution in [0.5, 0.6) is 11.5 Å². The summed E-state index contributed by atoms with van der Waals surface area (Å²) in [6.07, 6.45) is -3.93. The molecule has 0 radical (unpaired) electrons. The van der Waals surface area contributed by atoms with Crippen molar-refractivity contribution >= 4 is 118 Å². The summed E-state index contributed by atoms with van der Waals surface area (Å²) >= 11 is 0. The summed E-state index contributed by atoms with van der Waals surface area (Å²) in [7, 11) is 0. The van der Waals surface area contributed by atoms with Crippen molar-refractivity contribution in [3.63, 3.8) is 0 Å². The minimum atomic E-state index is -2.02. The molecular weight excluding hydrogens is 1760 g/mol. The van der Waals surface area contributed by atoms with Crippen LogP contribution >= 0.6 is 0 Å². The van der Waals surface area contributed by atoms with Crippen LogP contribution in [0.2, 0.25) is 0 Å². The summed E-state index contributed by atoms with van der Waals surface area (Å²) in [5.74, 6) is -25.6. The normalized spacial score (nSPS) is 16.1. The van der Waals surface area contributed by atoms with Gasteiger partial charge in [-0.1, -0.05) is 93.5 Å². The number of aliphatic carboxylic acids is 3. The number of imidazole rings is 1. The Morgan fingerprint density at radius 1 is 0.425 bits per heavy atom. The maximum atomic E-state index is 15.0. The molecule has 1 aromatic heterocycles. The molecule has 0 spiro atoms. The number of carboxylic acids is 3. The Kier molecular flexibility index (Phi) is 46.4. The van der Waals surface area contributed by atoms with Crippen molar-refractivity contribution in [1.29, 1.82) is 0 Å². The highest BCUT2D eigenvalue weighted by Crippen LogP contribution is 2.23. The zero-order valence-electron chi connectivity index (χ0n) is 77.3. The van der Waals surface area contributed by atoms with Gasteiger partial charge >= 0.3 is 17.9 Å². The highest BCUT2D eigenvalue weighted by atomic mass is 16.4. The zero-order chi connectivity index (χ0) is 101. The summed E-state index contributed by atoms with van der Waals surface area (Å²) in [5, 5.41) is 94.9. The fourth-order valence-corrected chi connectivity index (χ4v) is 14.1. The van der Waals surface area contributed by atoms with Gasteiger partial charge in [0.1, 0.15) is 102 Å². The first kappa shape index (κ1) is 113. The van der Waals surface area contributed by atoms with Gasteiger partial charge in [0.25, 0.3) is 0 Å². The van der Waals surface area contributed by atoms with Crippen molar-refractivity contribution in [1.82, 2.24) is 89.3 Å². The van der Waals surface area contributed by atoms with Crippen LogP contribution < -0.4 is 97.4 Å². The lowest BCUT2D eigenvalue weighted by molar-refractivity contribution is -0.144. The molecule has 47 heteroatoms. The quantitative estimate of drug-likeness (QED) is 0.0236. The second-order valence-corrected chi connectivity index (χ2v) is 35.0. The van der Waals surface area contributed by atoms with Crippen molar-refractivity contribution in [2.75, 3.05) is 13.1 Å². The van der Waals surface area contributed by atoms with Crippen molar-refractivity contribution in [3.05, 3.63) is 77.9 Å². The number of hydrogen-bond donors (Lipinski definition) is 25. The first-order valence-electron chi connectivity index (χ1n) is 44.3. The van der Waals surface area contributed by atoms with Crippen LogP contribution in [0.1, 0.15) is 183 Å². The molecule has 742 valence electrons. The largest absolute Gasteiger partial charge is 0.508 e. The number of rotatable bonds is 58. The molecule has 0 unspecified atom stereocenters. The number of carboxylic acid groups (broad SMARTS) is 3. The average molecular weight is 1890 g/mol. The molecule has 2 heterocycles. The Hall–Kier alpha value is -13.5. The number of unbranched alkanes of at least 4 members (excludes halogenated alkanes) is 1. The summed E-state index contributed by atoms with van der Waals surface area (Å²) in [4.78, 5) is 284. The monoisotopic (exact) mass is 1890 g/mol. The Bertz CT molecular complexity index is 4550. The maximum Gasteiger partial charge on any atom is 0.326 e. The smallest absolute Gasteiger partial charge is 0.326 e. The second-order valence-electron chi connectivity index (χ2n) is 35.0. The number of carbonyl (C=O) groups is 20. The van der Waals surface area contributed by atoms with Gasteiger partial charge in [-0.2, -0.15) is 0 Å². The van der Waals surface area contributed by atoms with E-state index in [0.717, 1.165) is 11.8 Å². The number of amides is 17. The van der Waals surface area contributed by atoms with E-state index in [9.17, 15) is 122 Å². The fraction of sp³-hybridized carbons (Fsp3) is 0.598. The van der Waals surface area contributed by atoms with Crippen molar-refractivity contribution in [3.8, 4) is 11.5 Å². The molecule has 0 saturated carbocycles. The summed E-state index contributed by atoms with van der Waals surface area (Å²) in [5.41, 5.74) is 23.7. The fourth-order valence-electron chi connectivity index (χ4n) is 14.1. The van der Waals surface area contributed by atoms with E-state index < -0.39 is 290 Å². The van der Waals surface area contributed by atoms with Crippen LogP contribution in [-0.2, 0) is 115 Å². The molecule has 3 aromatic rings. The molecule has 1 fully saturated rings. The maximum absolute atomic E-state index is 15.0. The number of carbonyl (C=O) groups excluding carboxylic acids is 17. The first-order chi connectivity index (χ1) is 62.8. The number of phenols is 2. The molecule has 0 bridgehead atoms. The third-order valence-corrected chi connectivity index (χ3v) is 21.8. The minimum Gasteiger partial charge on any atom is -0.508 e. The summed E-state index contributed by atoms with van der Waals surface area (Å²) < 4.78 is 0. The van der Waals surface area contributed by atoms with Gasteiger partial charge in [0.05, 0.1) is 30.6 Å². The van der Waals surface area contributed by atoms with E-state index in [2.05, 4.69) is 84.4 Å². The molecule has 134 heavy (non-hydrogen) atoms. The van der Waals surface area contributed by atoms with Crippen LogP contribution in [0.15, 0.2) is 61.1 Å². The first-order valence-corrected chi connectivity index (χ1v) is 44.3. The highest BCUT2D eigenvalue weighted by molar-refractivity contribution is 6.02. The van der Waals surface area contributed by atoms with E-state index in [1.54, 1.807) is 27.7 Å². The Labute approximate surface area is 774 Å². The summed E-state index contributed by atoms with van der Waals surface area (Å²) in [6.45, 7) is 18.1. The predicted octanol–water partition coefficient (Wildman–Crippen LogP) is -4.89. The summed E-state index contributed by atoms with van der Waals surface area (Å²) in [6, 6.07) is -14.9. The molecule has 29 N–H and O–H groups in total. The van der Waals surface area contributed by atoms with E-state index in [1.807, 2.05) is 0 Å². The van der Waals surface area contributed by atoms with Gasteiger partial charge < -0.3 is 138 Å². The molecule has 47 nitrogen and oxygen atoms in total. The van der Waals surface area contributed by atoms with E-state index >= 15 is 4.79 Å². The third-order valence-electron chi connectivity index (χ3n) is 21.8. The second kappa shape index (κ2) is 55.1. The number of aromatic nitrogens is 2. The Balaban J connectivity index is 1.61. The van der Waals surface area contributed by atoms with Crippen molar-refractivity contribution < 1.29 is 127 Å². The number of nitrogens with two attached hydrogens (primary N) is 4. The molecule has 0 aliphatic carbocycles. The number of nitrogens with zero attached hydrogens (tertiary/aromatic N) is 2. The number of phenolic OH excluding ortho intramolecular Hbond substituents is 2. The van der Waals surface area contributed by atoms with Gasteiger partial charge in [0, 0.05) is 51.3 Å². The molecule has 17 amide bonds. The lowest BCUT2D eigenvalue weighted by Gasteiger charge is -2.32. The number of aliphatic hydroxyl groups excluding tert-OH is 1. The number of H-pyrrole nitrogens is 1. The number of primary amides is 2. The standard InChI is InChI=1S/C87H133N21O26/c1-41(2)34-57(99-75(121)55(27-30-65(114)115)96-73(119)53(16-13-14-32-88)97-82(128)67(91)42(3)4)77(123)94-46(11)72(118)95-54(26-29-63(89)112)74(120)100-58(35-48-18-22-51(110)23-19-48)78(124)101-60(38-64(90)113)80(126)105-68(43(5)6)83(129)98-56(28-31-66(116)117)76(122)104-69(44(7)8)84(130)103-61(37-50-39-92-40-93-50)86(132)108-33-15-17-62(108)81(127)102-59(36-49-20-24-52(111)25-21-49)79(125)107-71(47(12)109)85(131)106-70(45(9)10)87(133)134/h18-25,39-47,53-62,67-71,109-111H,13-17,26-38,88,91H2,1-12H3,(H2,89,112)(H2,90,113)(H,92,93)(H,94,123)(H,95,118)(H,96,119)(H,97,128)(H,98,129)(H,99,121)(H,100,120)(H,101,124)(H,102,127)(H,103,130)(H,104,122)(H,105,126)(H,106,131)(H,107,125)(H,114,115)(H,116,117)(H,133,134)/t46-,47+,53-,54-,55-,56-,57-,58-,59-,60-,61-,62-,67-,68-,69-,70-,71-/m0/s1. The van der Waals surface area contributed by atoms with E-state index in [4.69, 9.17) is 22.9 Å². The number of aromatic amines is 1. The molecule has 2 aromatic carbocycles. The molecule has 1 aliphatic heterocycles.